The predicted molar refractivity (Wildman–Crippen MR) is 107 cm³/mol. The highest BCUT2D eigenvalue weighted by molar-refractivity contribution is 7.92. The first kappa shape index (κ1) is 20.8. The SMILES string of the molecule is CCCNC(=O)CN(c1ccc(C)cc1)S(=O)(=O)c1ccc(OCC)cc1. The fraction of sp³-hybridized carbons (Fsp3) is 0.350. The van der Waals surface area contributed by atoms with Crippen LogP contribution < -0.4 is 14.4 Å². The van der Waals surface area contributed by atoms with Gasteiger partial charge in [0, 0.05) is 6.54 Å². The summed E-state index contributed by atoms with van der Waals surface area (Å²) in [6.45, 7) is 6.44. The lowest BCUT2D eigenvalue weighted by molar-refractivity contribution is -0.119. The number of nitrogens with one attached hydrogen (secondary N) is 1. The largest absolute Gasteiger partial charge is 0.494 e. The molecule has 0 aliphatic heterocycles. The van der Waals surface area contributed by atoms with Gasteiger partial charge in [-0.2, -0.15) is 0 Å². The average molecular weight is 391 g/mol. The van der Waals surface area contributed by atoms with Crippen molar-refractivity contribution >= 4 is 21.6 Å². The molecule has 0 heterocycles. The lowest BCUT2D eigenvalue weighted by atomic mass is 10.2. The number of sulfonamides is 1. The zero-order chi connectivity index (χ0) is 19.9. The Balaban J connectivity index is 2.37. The summed E-state index contributed by atoms with van der Waals surface area (Å²) in [6.07, 6.45) is 0.780. The monoisotopic (exact) mass is 390 g/mol. The zero-order valence-corrected chi connectivity index (χ0v) is 16.8. The molecule has 0 spiro atoms. The maximum Gasteiger partial charge on any atom is 0.264 e. The summed E-state index contributed by atoms with van der Waals surface area (Å²) in [5.41, 5.74) is 1.45. The van der Waals surface area contributed by atoms with Crippen LogP contribution in [0.4, 0.5) is 5.69 Å². The van der Waals surface area contributed by atoms with Crippen LogP contribution in [0.15, 0.2) is 53.4 Å². The zero-order valence-electron chi connectivity index (χ0n) is 15.9. The van der Waals surface area contributed by atoms with Crippen LogP contribution in [-0.4, -0.2) is 34.0 Å². The molecule has 0 aliphatic rings. The number of carbonyl (C=O) groups excluding carboxylic acids is 1. The Morgan fingerprint density at radius 2 is 1.67 bits per heavy atom. The standard InChI is InChI=1S/C20H26N2O4S/c1-4-14-21-20(23)15-22(17-8-6-16(3)7-9-17)27(24,25)19-12-10-18(11-13-19)26-5-2/h6-13H,4-5,14-15H2,1-3H3,(H,21,23). The van der Waals surface area contributed by atoms with Crippen LogP contribution in [0.25, 0.3) is 0 Å². The Kier molecular flexibility index (Phi) is 7.24. The van der Waals surface area contributed by atoms with Crippen molar-refractivity contribution in [2.45, 2.75) is 32.1 Å². The van der Waals surface area contributed by atoms with Crippen molar-refractivity contribution in [1.82, 2.24) is 5.32 Å². The normalized spacial score (nSPS) is 11.1. The summed E-state index contributed by atoms with van der Waals surface area (Å²) in [7, 11) is -3.90. The van der Waals surface area contributed by atoms with Crippen LogP contribution in [0.1, 0.15) is 25.8 Å². The molecule has 0 saturated heterocycles. The second kappa shape index (κ2) is 9.41. The molecule has 0 aromatic heterocycles. The first-order valence-electron chi connectivity index (χ1n) is 8.97. The molecule has 2 aromatic rings. The minimum absolute atomic E-state index is 0.106. The summed E-state index contributed by atoms with van der Waals surface area (Å²) in [5, 5.41) is 2.73. The van der Waals surface area contributed by atoms with E-state index in [0.29, 0.717) is 24.6 Å². The first-order chi connectivity index (χ1) is 12.9. The van der Waals surface area contributed by atoms with Crippen LogP contribution in [0.2, 0.25) is 0 Å². The second-order valence-electron chi connectivity index (χ2n) is 6.10. The Bertz CT molecular complexity index is 847. The van der Waals surface area contributed by atoms with Gasteiger partial charge in [0.2, 0.25) is 5.91 Å². The summed E-state index contributed by atoms with van der Waals surface area (Å²) in [6, 6.07) is 13.3. The molecule has 0 radical (unpaired) electrons. The molecular weight excluding hydrogens is 364 g/mol. The maximum atomic E-state index is 13.2. The van der Waals surface area contributed by atoms with Crippen molar-refractivity contribution < 1.29 is 17.9 Å². The lowest BCUT2D eigenvalue weighted by Gasteiger charge is -2.24. The fourth-order valence-electron chi connectivity index (χ4n) is 2.48. The number of ether oxygens (including phenoxy) is 1. The minimum atomic E-state index is -3.90. The van der Waals surface area contributed by atoms with Gasteiger partial charge in [-0.05, 0) is 56.7 Å². The number of hydrogen-bond acceptors (Lipinski definition) is 4. The number of amides is 1. The van der Waals surface area contributed by atoms with Gasteiger partial charge in [-0.1, -0.05) is 24.6 Å². The highest BCUT2D eigenvalue weighted by Gasteiger charge is 2.27. The fourth-order valence-corrected chi connectivity index (χ4v) is 3.90. The van der Waals surface area contributed by atoms with E-state index in [0.717, 1.165) is 16.3 Å². The van der Waals surface area contributed by atoms with Gasteiger partial charge in [0.25, 0.3) is 10.0 Å². The molecule has 2 rings (SSSR count). The maximum absolute atomic E-state index is 13.2. The third kappa shape index (κ3) is 5.47. The second-order valence-corrected chi connectivity index (χ2v) is 7.96. The van der Waals surface area contributed by atoms with Crippen LogP contribution in [0, 0.1) is 6.92 Å². The van der Waals surface area contributed by atoms with Crippen molar-refractivity contribution in [3.63, 3.8) is 0 Å². The van der Waals surface area contributed by atoms with Crippen molar-refractivity contribution in [3.8, 4) is 5.75 Å². The summed E-state index contributed by atoms with van der Waals surface area (Å²) in [4.78, 5) is 12.3. The van der Waals surface area contributed by atoms with E-state index in [2.05, 4.69) is 5.32 Å². The smallest absolute Gasteiger partial charge is 0.264 e. The van der Waals surface area contributed by atoms with Crippen LogP contribution >= 0.6 is 0 Å². The number of carbonyl (C=O) groups is 1. The topological polar surface area (TPSA) is 75.7 Å². The molecule has 0 fully saturated rings. The molecule has 1 amide bonds. The van der Waals surface area contributed by atoms with Crippen LogP contribution in [0.3, 0.4) is 0 Å². The Hall–Kier alpha value is -2.54. The minimum Gasteiger partial charge on any atom is -0.494 e. The van der Waals surface area contributed by atoms with Gasteiger partial charge in [-0.3, -0.25) is 9.10 Å². The molecule has 146 valence electrons. The predicted octanol–water partition coefficient (Wildman–Crippen LogP) is 3.12. The molecule has 1 N–H and O–H groups in total. The van der Waals surface area contributed by atoms with Crippen molar-refractivity contribution in [3.05, 3.63) is 54.1 Å². The summed E-state index contributed by atoms with van der Waals surface area (Å²) < 4.78 is 32.9. The molecule has 0 unspecified atom stereocenters. The number of hydrogen-bond donors (Lipinski definition) is 1. The third-order valence-corrected chi connectivity index (χ3v) is 5.69. The van der Waals surface area contributed by atoms with E-state index in [9.17, 15) is 13.2 Å². The molecule has 0 saturated carbocycles. The van der Waals surface area contributed by atoms with Crippen LogP contribution in [-0.2, 0) is 14.8 Å². The number of benzene rings is 2. The number of aryl methyl sites for hydroxylation is 1. The Morgan fingerprint density at radius 1 is 1.04 bits per heavy atom. The van der Waals surface area contributed by atoms with Crippen LogP contribution in [0.5, 0.6) is 5.75 Å². The van der Waals surface area contributed by atoms with E-state index >= 15 is 0 Å². The molecule has 27 heavy (non-hydrogen) atoms. The quantitative estimate of drug-likeness (QED) is 0.714. The number of anilines is 1. The highest BCUT2D eigenvalue weighted by atomic mass is 32.2. The highest BCUT2D eigenvalue weighted by Crippen LogP contribution is 2.25. The van der Waals surface area contributed by atoms with Gasteiger partial charge < -0.3 is 10.1 Å². The van der Waals surface area contributed by atoms with Crippen molar-refractivity contribution in [2.75, 3.05) is 24.0 Å². The van der Waals surface area contributed by atoms with Gasteiger partial charge in [0.15, 0.2) is 0 Å². The van der Waals surface area contributed by atoms with E-state index in [1.165, 1.54) is 12.1 Å². The molecular formula is C20H26N2O4S. The first-order valence-corrected chi connectivity index (χ1v) is 10.4. The van der Waals surface area contributed by atoms with Crippen molar-refractivity contribution in [2.24, 2.45) is 0 Å². The molecule has 7 heteroatoms. The van der Waals surface area contributed by atoms with Gasteiger partial charge in [0.1, 0.15) is 12.3 Å². The van der Waals surface area contributed by atoms with E-state index in [1.807, 2.05) is 32.9 Å². The van der Waals surface area contributed by atoms with E-state index in [4.69, 9.17) is 4.74 Å². The van der Waals surface area contributed by atoms with E-state index in [1.54, 1.807) is 24.3 Å². The Morgan fingerprint density at radius 3 is 2.22 bits per heavy atom. The summed E-state index contributed by atoms with van der Waals surface area (Å²) >= 11 is 0. The lowest BCUT2D eigenvalue weighted by Crippen LogP contribution is -2.41. The molecule has 0 bridgehead atoms. The molecule has 0 aliphatic carbocycles. The van der Waals surface area contributed by atoms with Gasteiger partial charge >= 0.3 is 0 Å². The summed E-state index contributed by atoms with van der Waals surface area (Å²) in [5.74, 6) is 0.256. The molecule has 2 aromatic carbocycles. The van der Waals surface area contributed by atoms with Gasteiger partial charge in [-0.25, -0.2) is 8.42 Å². The number of nitrogens with zero attached hydrogens (tertiary/aromatic N) is 1. The van der Waals surface area contributed by atoms with Crippen molar-refractivity contribution in [1.29, 1.82) is 0 Å². The molecule has 6 nitrogen and oxygen atoms in total. The Labute approximate surface area is 161 Å². The van der Waals surface area contributed by atoms with Gasteiger partial charge in [0.05, 0.1) is 17.2 Å². The van der Waals surface area contributed by atoms with E-state index in [-0.39, 0.29) is 17.3 Å². The number of rotatable bonds is 9. The third-order valence-electron chi connectivity index (χ3n) is 3.90. The van der Waals surface area contributed by atoms with Gasteiger partial charge in [-0.15, -0.1) is 0 Å². The molecule has 0 atom stereocenters. The van der Waals surface area contributed by atoms with E-state index < -0.39 is 10.0 Å². The average Bonchev–Trinajstić information content (AvgIpc) is 2.66.